The number of hydrogen-bond donors (Lipinski definition) is 2. The Balaban J connectivity index is 2.72. The topological polar surface area (TPSA) is 50.9 Å². The van der Waals surface area contributed by atoms with Crippen molar-refractivity contribution in [3.8, 4) is 0 Å². The first kappa shape index (κ1) is 11.0. The van der Waals surface area contributed by atoms with Gasteiger partial charge in [-0.2, -0.15) is 0 Å². The molecule has 0 saturated carbocycles. The molecule has 1 aromatic rings. The molecule has 1 rings (SSSR count). The van der Waals surface area contributed by atoms with Gasteiger partial charge in [-0.3, -0.25) is 0 Å². The third-order valence-electron chi connectivity index (χ3n) is 2.57. The molecule has 0 bridgehead atoms. The Morgan fingerprint density at radius 3 is 2.64 bits per heavy atom. The number of anilines is 1. The average molecular weight is 193 g/mol. The van der Waals surface area contributed by atoms with E-state index in [4.69, 9.17) is 5.73 Å². The van der Waals surface area contributed by atoms with Crippen molar-refractivity contribution in [1.29, 1.82) is 0 Å². The lowest BCUT2D eigenvalue weighted by atomic mass is 9.99. The Morgan fingerprint density at radius 1 is 1.50 bits per heavy atom. The van der Waals surface area contributed by atoms with E-state index in [0.29, 0.717) is 6.54 Å². The van der Waals surface area contributed by atoms with Gasteiger partial charge in [0.1, 0.15) is 5.82 Å². The smallest absolute Gasteiger partial charge is 0.126 e. The second-order valence-corrected chi connectivity index (χ2v) is 3.96. The maximum atomic E-state index is 5.71. The largest absolute Gasteiger partial charge is 0.364 e. The van der Waals surface area contributed by atoms with Crippen LogP contribution in [-0.2, 0) is 0 Å². The maximum absolute atomic E-state index is 5.71. The van der Waals surface area contributed by atoms with Gasteiger partial charge in [-0.25, -0.2) is 4.98 Å². The highest BCUT2D eigenvalue weighted by Crippen LogP contribution is 2.15. The predicted molar refractivity (Wildman–Crippen MR) is 60.3 cm³/mol. The van der Waals surface area contributed by atoms with Crippen LogP contribution in [0.2, 0.25) is 0 Å². The fourth-order valence-electron chi connectivity index (χ4n) is 1.13. The molecule has 78 valence electrons. The van der Waals surface area contributed by atoms with E-state index in [1.807, 2.05) is 25.3 Å². The number of aryl methyl sites for hydroxylation is 1. The summed E-state index contributed by atoms with van der Waals surface area (Å²) in [4.78, 5) is 4.29. The molecule has 0 aromatic carbocycles. The van der Waals surface area contributed by atoms with Crippen LogP contribution in [0.1, 0.15) is 25.8 Å². The minimum atomic E-state index is -0.0533. The van der Waals surface area contributed by atoms with E-state index in [9.17, 15) is 0 Å². The molecule has 0 amide bonds. The van der Waals surface area contributed by atoms with Crippen LogP contribution in [0.5, 0.6) is 0 Å². The molecule has 0 saturated heterocycles. The van der Waals surface area contributed by atoms with E-state index in [0.717, 1.165) is 12.2 Å². The summed E-state index contributed by atoms with van der Waals surface area (Å²) in [6.45, 7) is 6.86. The molecule has 0 spiro atoms. The number of rotatable bonds is 4. The molecule has 3 nitrogen and oxygen atoms in total. The summed E-state index contributed by atoms with van der Waals surface area (Å²) in [5.41, 5.74) is 6.82. The number of pyridine rings is 1. The summed E-state index contributed by atoms with van der Waals surface area (Å²) in [6.07, 6.45) is 2.84. The van der Waals surface area contributed by atoms with Gasteiger partial charge in [0.2, 0.25) is 0 Å². The van der Waals surface area contributed by atoms with Crippen LogP contribution in [0, 0.1) is 6.92 Å². The third kappa shape index (κ3) is 2.70. The number of nitrogens with one attached hydrogen (secondary N) is 1. The maximum Gasteiger partial charge on any atom is 0.126 e. The predicted octanol–water partition coefficient (Wildman–Crippen LogP) is 1.93. The van der Waals surface area contributed by atoms with Crippen LogP contribution in [-0.4, -0.2) is 17.1 Å². The summed E-state index contributed by atoms with van der Waals surface area (Å²) < 4.78 is 0. The molecule has 1 heterocycles. The van der Waals surface area contributed by atoms with Crippen molar-refractivity contribution in [2.75, 3.05) is 11.9 Å². The van der Waals surface area contributed by atoms with Gasteiger partial charge in [-0.1, -0.05) is 13.0 Å². The van der Waals surface area contributed by atoms with Crippen LogP contribution < -0.4 is 11.1 Å². The molecule has 0 radical (unpaired) electrons. The first-order chi connectivity index (χ1) is 6.59. The van der Waals surface area contributed by atoms with E-state index in [-0.39, 0.29) is 5.54 Å². The number of nitrogens with zero attached hydrogens (tertiary/aromatic N) is 1. The fourth-order valence-corrected chi connectivity index (χ4v) is 1.13. The van der Waals surface area contributed by atoms with Gasteiger partial charge < -0.3 is 11.1 Å². The van der Waals surface area contributed by atoms with Crippen molar-refractivity contribution in [3.63, 3.8) is 0 Å². The Labute approximate surface area is 85.7 Å². The summed E-state index contributed by atoms with van der Waals surface area (Å²) in [7, 11) is 0. The van der Waals surface area contributed by atoms with Crippen molar-refractivity contribution >= 4 is 5.82 Å². The molecule has 0 aliphatic rings. The SMILES string of the molecule is CCC(C)(CN)Nc1ccc(C)cn1. The molecule has 3 N–H and O–H groups in total. The van der Waals surface area contributed by atoms with Crippen LogP contribution >= 0.6 is 0 Å². The van der Waals surface area contributed by atoms with Gasteiger partial charge >= 0.3 is 0 Å². The van der Waals surface area contributed by atoms with Crippen molar-refractivity contribution in [1.82, 2.24) is 4.98 Å². The molecule has 0 aliphatic carbocycles. The first-order valence-corrected chi connectivity index (χ1v) is 5.00. The lowest BCUT2D eigenvalue weighted by molar-refractivity contribution is 0.504. The number of aromatic nitrogens is 1. The van der Waals surface area contributed by atoms with Gasteiger partial charge in [-0.15, -0.1) is 0 Å². The van der Waals surface area contributed by atoms with E-state index in [2.05, 4.69) is 24.1 Å². The van der Waals surface area contributed by atoms with Gasteiger partial charge in [-0.05, 0) is 31.9 Å². The standard InChI is InChI=1S/C11H19N3/c1-4-11(3,8-12)14-10-6-5-9(2)7-13-10/h5-7H,4,8,12H2,1-3H3,(H,13,14). The second-order valence-electron chi connectivity index (χ2n) is 3.96. The van der Waals surface area contributed by atoms with Gasteiger partial charge in [0.05, 0.1) is 0 Å². The minimum Gasteiger partial charge on any atom is -0.364 e. The normalized spacial score (nSPS) is 14.9. The number of hydrogen-bond acceptors (Lipinski definition) is 3. The molecule has 3 heteroatoms. The Bertz CT molecular complexity index is 275. The first-order valence-electron chi connectivity index (χ1n) is 5.00. The van der Waals surface area contributed by atoms with Crippen molar-refractivity contribution in [2.45, 2.75) is 32.7 Å². The van der Waals surface area contributed by atoms with E-state index in [1.54, 1.807) is 0 Å². The fraction of sp³-hybridized carbons (Fsp3) is 0.545. The molecule has 0 aliphatic heterocycles. The molecule has 1 atom stereocenters. The summed E-state index contributed by atoms with van der Waals surface area (Å²) in [6, 6.07) is 4.03. The molecular weight excluding hydrogens is 174 g/mol. The molecular formula is C11H19N3. The Morgan fingerprint density at radius 2 is 2.21 bits per heavy atom. The average Bonchev–Trinajstić information content (AvgIpc) is 2.21. The van der Waals surface area contributed by atoms with Crippen molar-refractivity contribution < 1.29 is 0 Å². The summed E-state index contributed by atoms with van der Waals surface area (Å²) in [5.74, 6) is 0.894. The lowest BCUT2D eigenvalue weighted by Crippen LogP contribution is -2.42. The van der Waals surface area contributed by atoms with Gasteiger partial charge in [0, 0.05) is 18.3 Å². The molecule has 0 fully saturated rings. The molecule has 14 heavy (non-hydrogen) atoms. The Hall–Kier alpha value is -1.09. The van der Waals surface area contributed by atoms with E-state index in [1.165, 1.54) is 5.56 Å². The van der Waals surface area contributed by atoms with E-state index < -0.39 is 0 Å². The highest BCUT2D eigenvalue weighted by molar-refractivity contribution is 5.38. The summed E-state index contributed by atoms with van der Waals surface area (Å²) in [5, 5.41) is 3.35. The van der Waals surface area contributed by atoms with Crippen molar-refractivity contribution in [2.24, 2.45) is 5.73 Å². The zero-order chi connectivity index (χ0) is 10.6. The highest BCUT2D eigenvalue weighted by atomic mass is 15.1. The van der Waals surface area contributed by atoms with Crippen LogP contribution in [0.3, 0.4) is 0 Å². The second kappa shape index (κ2) is 4.42. The molecule has 1 unspecified atom stereocenters. The summed E-state index contributed by atoms with van der Waals surface area (Å²) >= 11 is 0. The monoisotopic (exact) mass is 193 g/mol. The highest BCUT2D eigenvalue weighted by Gasteiger charge is 2.19. The van der Waals surface area contributed by atoms with Gasteiger partial charge in [0.25, 0.3) is 0 Å². The number of nitrogens with two attached hydrogens (primary N) is 1. The molecule has 1 aromatic heterocycles. The van der Waals surface area contributed by atoms with Gasteiger partial charge in [0.15, 0.2) is 0 Å². The van der Waals surface area contributed by atoms with Crippen LogP contribution in [0.4, 0.5) is 5.82 Å². The zero-order valence-electron chi connectivity index (χ0n) is 9.17. The zero-order valence-corrected chi connectivity index (χ0v) is 9.17. The minimum absolute atomic E-state index is 0.0533. The third-order valence-corrected chi connectivity index (χ3v) is 2.57. The lowest BCUT2D eigenvalue weighted by Gasteiger charge is -2.28. The Kier molecular flexibility index (Phi) is 3.47. The quantitative estimate of drug-likeness (QED) is 0.768. The van der Waals surface area contributed by atoms with Crippen LogP contribution in [0.25, 0.3) is 0 Å². The van der Waals surface area contributed by atoms with Crippen LogP contribution in [0.15, 0.2) is 18.3 Å². The van der Waals surface area contributed by atoms with Crippen molar-refractivity contribution in [3.05, 3.63) is 23.9 Å². The van der Waals surface area contributed by atoms with E-state index >= 15 is 0 Å².